The van der Waals surface area contributed by atoms with Gasteiger partial charge in [-0.05, 0) is 54.9 Å². The highest BCUT2D eigenvalue weighted by atomic mass is 16.5. The Bertz CT molecular complexity index is 1240. The van der Waals surface area contributed by atoms with Crippen LogP contribution in [0.4, 0.5) is 0 Å². The molecule has 2 aromatic carbocycles. The fourth-order valence-corrected chi connectivity index (χ4v) is 5.14. The molecule has 0 radical (unpaired) electrons. The van der Waals surface area contributed by atoms with Gasteiger partial charge in [0.25, 0.3) is 0 Å². The number of nitrogens with zero attached hydrogens (tertiary/aromatic N) is 6. The van der Waals surface area contributed by atoms with Gasteiger partial charge in [-0.1, -0.05) is 30.3 Å². The van der Waals surface area contributed by atoms with Crippen molar-refractivity contribution in [3.05, 3.63) is 59.9 Å². The van der Waals surface area contributed by atoms with Crippen LogP contribution < -0.4 is 4.74 Å². The molecule has 7 nitrogen and oxygen atoms in total. The highest BCUT2D eigenvalue weighted by Gasteiger charge is 2.23. The van der Waals surface area contributed by atoms with Gasteiger partial charge in [-0.2, -0.15) is 4.80 Å². The first kappa shape index (κ1) is 19.5. The summed E-state index contributed by atoms with van der Waals surface area (Å²) in [6, 6.07) is 17.1. The molecule has 1 saturated heterocycles. The second kappa shape index (κ2) is 8.39. The summed E-state index contributed by atoms with van der Waals surface area (Å²) < 4.78 is 8.49. The molecule has 32 heavy (non-hydrogen) atoms. The maximum atomic E-state index is 6.07. The van der Waals surface area contributed by atoms with Gasteiger partial charge in [-0.15, -0.1) is 10.2 Å². The Morgan fingerprint density at radius 1 is 0.906 bits per heavy atom. The van der Waals surface area contributed by atoms with E-state index in [2.05, 4.69) is 67.3 Å². The van der Waals surface area contributed by atoms with Crippen LogP contribution >= 0.6 is 0 Å². The maximum Gasteiger partial charge on any atom is 0.176 e. The van der Waals surface area contributed by atoms with Crippen LogP contribution in [-0.2, 0) is 25.9 Å². The van der Waals surface area contributed by atoms with Gasteiger partial charge in [0.2, 0.25) is 0 Å². The van der Waals surface area contributed by atoms with E-state index in [-0.39, 0.29) is 0 Å². The molecule has 164 valence electrons. The lowest BCUT2D eigenvalue weighted by atomic mass is 10.0. The van der Waals surface area contributed by atoms with Gasteiger partial charge < -0.3 is 14.2 Å². The van der Waals surface area contributed by atoms with Gasteiger partial charge in [0.15, 0.2) is 5.82 Å². The van der Waals surface area contributed by atoms with Crippen LogP contribution in [0.3, 0.4) is 0 Å². The molecule has 4 aromatic rings. The van der Waals surface area contributed by atoms with Crippen molar-refractivity contribution in [2.24, 2.45) is 0 Å². The number of fused-ring (bicyclic) bond motifs is 5. The first-order valence-electron chi connectivity index (χ1n) is 11.7. The Hall–Kier alpha value is -3.19. The number of para-hydroxylation sites is 2. The van der Waals surface area contributed by atoms with E-state index in [0.717, 1.165) is 44.0 Å². The maximum absolute atomic E-state index is 6.07. The number of aryl methyl sites for hydroxylation is 2. The standard InChI is InChI=1S/C25H28N6O/c1-3-9-22-19(7-1)20-12-18-32-23-10-4-2-8-21(23)25(20)30(22)15-11-24-26-28-31(27-24)17-16-29-13-5-6-14-29/h1-4,7-10H,5-6,11-18H2. The Kier molecular flexibility index (Phi) is 5.11. The Balaban J connectivity index is 1.28. The fraction of sp³-hybridized carbons (Fsp3) is 0.400. The monoisotopic (exact) mass is 428 g/mol. The highest BCUT2D eigenvalue weighted by Crippen LogP contribution is 2.40. The molecule has 0 atom stereocenters. The molecule has 0 amide bonds. The Labute approximate surface area is 187 Å². The Morgan fingerprint density at radius 2 is 1.75 bits per heavy atom. The number of tetrazole rings is 1. The molecular formula is C25H28N6O. The molecule has 1 fully saturated rings. The smallest absolute Gasteiger partial charge is 0.176 e. The molecular weight excluding hydrogens is 400 g/mol. The van der Waals surface area contributed by atoms with Gasteiger partial charge in [0.05, 0.1) is 18.8 Å². The van der Waals surface area contributed by atoms with Crippen molar-refractivity contribution in [3.63, 3.8) is 0 Å². The zero-order chi connectivity index (χ0) is 21.3. The largest absolute Gasteiger partial charge is 0.493 e. The zero-order valence-corrected chi connectivity index (χ0v) is 18.3. The third-order valence-corrected chi connectivity index (χ3v) is 6.70. The van der Waals surface area contributed by atoms with Crippen molar-refractivity contribution in [1.29, 1.82) is 0 Å². The molecule has 2 aliphatic rings. The molecule has 0 N–H and O–H groups in total. The van der Waals surface area contributed by atoms with E-state index in [4.69, 9.17) is 4.74 Å². The molecule has 0 aliphatic carbocycles. The van der Waals surface area contributed by atoms with E-state index in [1.807, 2.05) is 6.07 Å². The molecule has 2 aromatic heterocycles. The van der Waals surface area contributed by atoms with Crippen LogP contribution in [-0.4, -0.2) is 55.9 Å². The lowest BCUT2D eigenvalue weighted by Crippen LogP contribution is -2.25. The predicted octanol–water partition coefficient (Wildman–Crippen LogP) is 3.57. The van der Waals surface area contributed by atoms with Crippen molar-refractivity contribution < 1.29 is 4.74 Å². The van der Waals surface area contributed by atoms with Crippen molar-refractivity contribution in [2.45, 2.75) is 38.8 Å². The summed E-state index contributed by atoms with van der Waals surface area (Å²) in [6.07, 6.45) is 4.26. The summed E-state index contributed by atoms with van der Waals surface area (Å²) in [5, 5.41) is 14.6. The number of rotatable bonds is 6. The number of likely N-dealkylation sites (tertiary alicyclic amines) is 1. The zero-order valence-electron chi connectivity index (χ0n) is 18.3. The summed E-state index contributed by atoms with van der Waals surface area (Å²) in [6.45, 7) is 5.70. The minimum Gasteiger partial charge on any atom is -0.493 e. The lowest BCUT2D eigenvalue weighted by Gasteiger charge is -2.13. The molecule has 0 bridgehead atoms. The third-order valence-electron chi connectivity index (χ3n) is 6.70. The molecule has 6 rings (SSSR count). The second-order valence-corrected chi connectivity index (χ2v) is 8.69. The normalized spacial score (nSPS) is 16.0. The van der Waals surface area contributed by atoms with Crippen LogP contribution in [0.1, 0.15) is 24.2 Å². The molecule has 2 aliphatic heterocycles. The predicted molar refractivity (Wildman–Crippen MR) is 124 cm³/mol. The van der Waals surface area contributed by atoms with E-state index in [0.29, 0.717) is 6.61 Å². The first-order valence-corrected chi connectivity index (χ1v) is 11.7. The van der Waals surface area contributed by atoms with Crippen molar-refractivity contribution in [2.75, 3.05) is 26.2 Å². The summed E-state index contributed by atoms with van der Waals surface area (Å²) in [7, 11) is 0. The van der Waals surface area contributed by atoms with E-state index in [1.165, 1.54) is 53.7 Å². The first-order chi connectivity index (χ1) is 15.9. The van der Waals surface area contributed by atoms with Gasteiger partial charge in [-0.3, -0.25) is 0 Å². The molecule has 0 spiro atoms. The van der Waals surface area contributed by atoms with Crippen molar-refractivity contribution in [3.8, 4) is 17.0 Å². The minimum atomic E-state index is 0.699. The second-order valence-electron chi connectivity index (χ2n) is 8.69. The summed E-state index contributed by atoms with van der Waals surface area (Å²) in [5.74, 6) is 1.76. The third kappa shape index (κ3) is 3.56. The molecule has 4 heterocycles. The number of aromatic nitrogens is 5. The van der Waals surface area contributed by atoms with E-state index in [9.17, 15) is 0 Å². The molecule has 7 heteroatoms. The van der Waals surface area contributed by atoms with Crippen LogP contribution in [0.5, 0.6) is 5.75 Å². The number of hydrogen-bond donors (Lipinski definition) is 0. The van der Waals surface area contributed by atoms with Gasteiger partial charge in [0.1, 0.15) is 5.75 Å². The van der Waals surface area contributed by atoms with Gasteiger partial charge >= 0.3 is 0 Å². The van der Waals surface area contributed by atoms with Gasteiger partial charge in [-0.25, -0.2) is 0 Å². The minimum absolute atomic E-state index is 0.699. The van der Waals surface area contributed by atoms with Crippen LogP contribution in [0.15, 0.2) is 48.5 Å². The molecule has 0 unspecified atom stereocenters. The topological polar surface area (TPSA) is 61.0 Å². The average Bonchev–Trinajstić information content (AvgIpc) is 3.54. The van der Waals surface area contributed by atoms with Crippen molar-refractivity contribution in [1.82, 2.24) is 29.7 Å². The Morgan fingerprint density at radius 3 is 2.69 bits per heavy atom. The van der Waals surface area contributed by atoms with E-state index < -0.39 is 0 Å². The fourth-order valence-electron chi connectivity index (χ4n) is 5.14. The SMILES string of the molecule is c1ccc2c(c1)OCCc1c-2n(CCc2nnn(CCN3CCCC3)n2)c2ccccc12. The summed E-state index contributed by atoms with van der Waals surface area (Å²) in [5.41, 5.74) is 5.06. The molecule has 0 saturated carbocycles. The number of benzene rings is 2. The summed E-state index contributed by atoms with van der Waals surface area (Å²) >= 11 is 0. The van der Waals surface area contributed by atoms with E-state index in [1.54, 1.807) is 4.80 Å². The van der Waals surface area contributed by atoms with Crippen LogP contribution in [0.2, 0.25) is 0 Å². The van der Waals surface area contributed by atoms with Crippen LogP contribution in [0, 0.1) is 0 Å². The van der Waals surface area contributed by atoms with Crippen molar-refractivity contribution >= 4 is 10.9 Å². The quantitative estimate of drug-likeness (QED) is 0.470. The average molecular weight is 429 g/mol. The lowest BCUT2D eigenvalue weighted by molar-refractivity contribution is 0.304. The highest BCUT2D eigenvalue weighted by molar-refractivity contribution is 5.93. The number of ether oxygens (including phenoxy) is 1. The summed E-state index contributed by atoms with van der Waals surface area (Å²) in [4.78, 5) is 4.23. The van der Waals surface area contributed by atoms with Gasteiger partial charge in [0, 0.05) is 42.4 Å². The number of hydrogen-bond acceptors (Lipinski definition) is 5. The van der Waals surface area contributed by atoms with E-state index >= 15 is 0 Å². The van der Waals surface area contributed by atoms with Crippen LogP contribution in [0.25, 0.3) is 22.2 Å².